The minimum atomic E-state index is -0.453. The predicted molar refractivity (Wildman–Crippen MR) is 101 cm³/mol. The Bertz CT molecular complexity index is 821. The summed E-state index contributed by atoms with van der Waals surface area (Å²) in [6.07, 6.45) is 1.57. The van der Waals surface area contributed by atoms with Crippen molar-refractivity contribution in [1.82, 2.24) is 0 Å². The molecule has 128 valence electrons. The molecule has 0 saturated carbocycles. The van der Waals surface area contributed by atoms with Gasteiger partial charge in [0.05, 0.1) is 24.6 Å². The average molecular weight is 374 g/mol. The Kier molecular flexibility index (Phi) is 5.71. The summed E-state index contributed by atoms with van der Waals surface area (Å²) in [5.74, 6) is -0.453. The monoisotopic (exact) mass is 373 g/mol. The van der Waals surface area contributed by atoms with E-state index >= 15 is 0 Å². The summed E-state index contributed by atoms with van der Waals surface area (Å²) in [4.78, 5) is 14.7. The topological polar surface area (TPSA) is 65.4 Å². The van der Waals surface area contributed by atoms with Gasteiger partial charge in [-0.05, 0) is 46.7 Å². The Balaban J connectivity index is 1.85. The van der Waals surface area contributed by atoms with Gasteiger partial charge in [0.25, 0.3) is 5.91 Å². The molecule has 1 saturated heterocycles. The summed E-state index contributed by atoms with van der Waals surface area (Å²) >= 11 is 7.60. The minimum absolute atomic E-state index is 0.0475. The number of morpholine rings is 1. The van der Waals surface area contributed by atoms with Gasteiger partial charge < -0.3 is 15.0 Å². The van der Waals surface area contributed by atoms with Gasteiger partial charge in [-0.25, -0.2) is 0 Å². The van der Waals surface area contributed by atoms with Crippen molar-refractivity contribution in [3.05, 3.63) is 51.2 Å². The molecule has 1 fully saturated rings. The van der Waals surface area contributed by atoms with Gasteiger partial charge in [0.15, 0.2) is 0 Å². The maximum Gasteiger partial charge on any atom is 0.266 e. The van der Waals surface area contributed by atoms with Crippen molar-refractivity contribution < 1.29 is 9.53 Å². The lowest BCUT2D eigenvalue weighted by atomic mass is 10.1. The van der Waals surface area contributed by atoms with Crippen molar-refractivity contribution in [2.24, 2.45) is 0 Å². The quantitative estimate of drug-likeness (QED) is 0.654. The lowest BCUT2D eigenvalue weighted by molar-refractivity contribution is -0.112. The molecule has 1 aliphatic rings. The summed E-state index contributed by atoms with van der Waals surface area (Å²) in [5, 5.41) is 16.4. The second-order valence-corrected chi connectivity index (χ2v) is 6.66. The van der Waals surface area contributed by atoms with E-state index in [2.05, 4.69) is 10.2 Å². The van der Waals surface area contributed by atoms with Crippen molar-refractivity contribution in [1.29, 1.82) is 5.26 Å². The number of nitriles is 1. The van der Waals surface area contributed by atoms with E-state index in [-0.39, 0.29) is 5.57 Å². The van der Waals surface area contributed by atoms with Crippen LogP contribution in [-0.2, 0) is 9.53 Å². The highest BCUT2D eigenvalue weighted by Crippen LogP contribution is 2.30. The number of nitrogens with one attached hydrogen (secondary N) is 1. The first-order chi connectivity index (χ1) is 12.2. The van der Waals surface area contributed by atoms with Crippen LogP contribution in [0.3, 0.4) is 0 Å². The molecule has 1 aliphatic heterocycles. The number of carbonyl (C=O) groups excluding carboxylic acids is 1. The van der Waals surface area contributed by atoms with Gasteiger partial charge in [-0.15, -0.1) is 0 Å². The molecular formula is C18H16ClN3O2S. The average Bonchev–Trinajstić information content (AvgIpc) is 3.13. The number of amides is 1. The molecule has 7 heteroatoms. The van der Waals surface area contributed by atoms with E-state index in [4.69, 9.17) is 16.3 Å². The van der Waals surface area contributed by atoms with Crippen molar-refractivity contribution in [2.45, 2.75) is 0 Å². The van der Waals surface area contributed by atoms with Crippen molar-refractivity contribution in [3.63, 3.8) is 0 Å². The van der Waals surface area contributed by atoms with Gasteiger partial charge in [-0.2, -0.15) is 16.6 Å². The second kappa shape index (κ2) is 8.17. The maximum atomic E-state index is 12.5. The van der Waals surface area contributed by atoms with Crippen LogP contribution in [0, 0.1) is 11.3 Å². The number of carbonyl (C=O) groups is 1. The van der Waals surface area contributed by atoms with Gasteiger partial charge in [0, 0.05) is 18.1 Å². The fourth-order valence-electron chi connectivity index (χ4n) is 2.55. The number of benzene rings is 1. The van der Waals surface area contributed by atoms with Crippen LogP contribution in [0.5, 0.6) is 0 Å². The van der Waals surface area contributed by atoms with Crippen LogP contribution in [0.25, 0.3) is 6.08 Å². The van der Waals surface area contributed by atoms with Crippen LogP contribution >= 0.6 is 22.9 Å². The third-order valence-corrected chi connectivity index (χ3v) is 4.71. The van der Waals surface area contributed by atoms with Gasteiger partial charge in [0.2, 0.25) is 0 Å². The summed E-state index contributed by atoms with van der Waals surface area (Å²) in [7, 11) is 0. The van der Waals surface area contributed by atoms with Crippen molar-refractivity contribution in [2.75, 3.05) is 36.5 Å². The third kappa shape index (κ3) is 4.40. The number of hydrogen-bond donors (Lipinski definition) is 1. The molecular weight excluding hydrogens is 358 g/mol. The number of hydrogen-bond acceptors (Lipinski definition) is 5. The van der Waals surface area contributed by atoms with Crippen LogP contribution in [-0.4, -0.2) is 32.2 Å². The largest absolute Gasteiger partial charge is 0.378 e. The smallest absolute Gasteiger partial charge is 0.266 e. The molecule has 25 heavy (non-hydrogen) atoms. The van der Waals surface area contributed by atoms with E-state index in [1.54, 1.807) is 18.2 Å². The molecule has 2 heterocycles. The molecule has 1 aromatic heterocycles. The van der Waals surface area contributed by atoms with E-state index in [1.165, 1.54) is 11.3 Å². The van der Waals surface area contributed by atoms with E-state index < -0.39 is 5.91 Å². The first-order valence-electron chi connectivity index (χ1n) is 7.75. The standard InChI is InChI=1S/C18H16ClN3O2S/c19-15-1-2-17(22-4-6-24-7-5-22)16(10-15)21-18(23)14(11-20)9-13-3-8-25-12-13/h1-3,8-10,12H,4-7H2,(H,21,23)/b14-9+. The second-order valence-electron chi connectivity index (χ2n) is 5.44. The van der Waals surface area contributed by atoms with Crippen LogP contribution in [0.4, 0.5) is 11.4 Å². The van der Waals surface area contributed by atoms with E-state index in [0.717, 1.165) is 24.3 Å². The molecule has 5 nitrogen and oxygen atoms in total. The number of nitrogens with zero attached hydrogens (tertiary/aromatic N) is 2. The van der Waals surface area contributed by atoms with Crippen LogP contribution < -0.4 is 10.2 Å². The molecule has 0 radical (unpaired) electrons. The molecule has 1 N–H and O–H groups in total. The molecule has 0 bridgehead atoms. The van der Waals surface area contributed by atoms with E-state index in [1.807, 2.05) is 29.0 Å². The van der Waals surface area contributed by atoms with Gasteiger partial charge in [-0.1, -0.05) is 11.6 Å². The Hall–Kier alpha value is -2.33. The fraction of sp³-hybridized carbons (Fsp3) is 0.222. The lowest BCUT2D eigenvalue weighted by Gasteiger charge is -2.30. The van der Waals surface area contributed by atoms with Crippen molar-refractivity contribution in [3.8, 4) is 6.07 Å². The first kappa shape index (κ1) is 17.5. The molecule has 3 rings (SSSR count). The summed E-state index contributed by atoms with van der Waals surface area (Å²) < 4.78 is 5.37. The number of anilines is 2. The molecule has 1 amide bonds. The maximum absolute atomic E-state index is 12.5. The minimum Gasteiger partial charge on any atom is -0.378 e. The molecule has 1 aromatic carbocycles. The zero-order valence-electron chi connectivity index (χ0n) is 13.4. The molecule has 0 spiro atoms. The van der Waals surface area contributed by atoms with Gasteiger partial charge >= 0.3 is 0 Å². The third-order valence-electron chi connectivity index (χ3n) is 3.78. The van der Waals surface area contributed by atoms with Crippen LogP contribution in [0.15, 0.2) is 40.6 Å². The van der Waals surface area contributed by atoms with Gasteiger partial charge in [-0.3, -0.25) is 4.79 Å². The van der Waals surface area contributed by atoms with E-state index in [9.17, 15) is 10.1 Å². The molecule has 2 aromatic rings. The van der Waals surface area contributed by atoms with Crippen LogP contribution in [0.1, 0.15) is 5.56 Å². The Morgan fingerprint density at radius 2 is 2.16 bits per heavy atom. The zero-order chi connectivity index (χ0) is 17.6. The number of ether oxygens (including phenoxy) is 1. The molecule has 0 atom stereocenters. The molecule has 0 unspecified atom stereocenters. The predicted octanol–water partition coefficient (Wildman–Crippen LogP) is 3.78. The van der Waals surface area contributed by atoms with Gasteiger partial charge in [0.1, 0.15) is 11.6 Å². The normalized spacial score (nSPS) is 14.9. The van der Waals surface area contributed by atoms with E-state index in [0.29, 0.717) is 23.9 Å². The zero-order valence-corrected chi connectivity index (χ0v) is 14.9. The summed E-state index contributed by atoms with van der Waals surface area (Å²) in [5.41, 5.74) is 2.34. The SMILES string of the molecule is N#C/C(=C\c1ccsc1)C(=O)Nc1cc(Cl)ccc1N1CCOCC1. The molecule has 0 aliphatic carbocycles. The number of halogens is 1. The lowest BCUT2D eigenvalue weighted by Crippen LogP contribution is -2.36. The van der Waals surface area contributed by atoms with Crippen molar-refractivity contribution >= 4 is 46.3 Å². The first-order valence-corrected chi connectivity index (χ1v) is 9.07. The summed E-state index contributed by atoms with van der Waals surface area (Å²) in [6.45, 7) is 2.75. The highest BCUT2D eigenvalue weighted by Gasteiger charge is 2.18. The number of rotatable bonds is 4. The number of thiophene rings is 1. The Morgan fingerprint density at radius 1 is 1.36 bits per heavy atom. The fourth-order valence-corrected chi connectivity index (χ4v) is 3.34. The Morgan fingerprint density at radius 3 is 2.84 bits per heavy atom. The highest BCUT2D eigenvalue weighted by atomic mass is 35.5. The Labute approximate surface area is 155 Å². The highest BCUT2D eigenvalue weighted by molar-refractivity contribution is 7.08. The van der Waals surface area contributed by atoms with Crippen LogP contribution in [0.2, 0.25) is 5.02 Å². The summed E-state index contributed by atoms with van der Waals surface area (Å²) in [6, 6.07) is 9.17.